The number of fused-ring (bicyclic) bond motifs is 3. The molecule has 4 aliphatic rings. The Hall–Kier alpha value is -4.51. The Labute approximate surface area is 221 Å². The van der Waals surface area contributed by atoms with Gasteiger partial charge in [0.05, 0.1) is 28.6 Å². The van der Waals surface area contributed by atoms with Crippen molar-refractivity contribution in [3.63, 3.8) is 0 Å². The van der Waals surface area contributed by atoms with Crippen molar-refractivity contribution in [2.24, 2.45) is 0 Å². The maximum atomic E-state index is 15.1. The number of piperazine rings is 1. The fourth-order valence-corrected chi connectivity index (χ4v) is 6.71. The highest BCUT2D eigenvalue weighted by Gasteiger charge is 2.42. The molecule has 0 radical (unpaired) electrons. The van der Waals surface area contributed by atoms with Gasteiger partial charge >= 0.3 is 6.03 Å². The number of nitrogens with zero attached hydrogens (tertiary/aromatic N) is 5. The van der Waals surface area contributed by atoms with E-state index in [1.807, 2.05) is 27.7 Å². The van der Waals surface area contributed by atoms with Crippen molar-refractivity contribution in [3.05, 3.63) is 71.6 Å². The third kappa shape index (κ3) is 3.22. The summed E-state index contributed by atoms with van der Waals surface area (Å²) in [5, 5.41) is 6.38. The summed E-state index contributed by atoms with van der Waals surface area (Å²) in [7, 11) is 0. The summed E-state index contributed by atoms with van der Waals surface area (Å²) in [6, 6.07) is 8.87. The van der Waals surface area contributed by atoms with Crippen LogP contribution in [0.5, 0.6) is 0 Å². The summed E-state index contributed by atoms with van der Waals surface area (Å²) < 4.78 is 18.8. The molecule has 4 amide bonds. The van der Waals surface area contributed by atoms with Gasteiger partial charge in [0.15, 0.2) is 0 Å². The average molecular weight is 526 g/mol. The molecule has 2 fully saturated rings. The van der Waals surface area contributed by atoms with Crippen molar-refractivity contribution in [1.29, 1.82) is 0 Å². The number of benzene rings is 1. The summed E-state index contributed by atoms with van der Waals surface area (Å²) in [5.74, 6) is -1.51. The number of carbonyl (C=O) groups is 3. The number of aromatic nitrogens is 3. The van der Waals surface area contributed by atoms with E-state index in [1.54, 1.807) is 27.9 Å². The van der Waals surface area contributed by atoms with Gasteiger partial charge < -0.3 is 19.7 Å². The first kappa shape index (κ1) is 22.5. The molecule has 11 heteroatoms. The lowest BCUT2D eigenvalue weighted by Gasteiger charge is -2.33. The topological polar surface area (TPSA) is 104 Å². The first-order chi connectivity index (χ1) is 19.0. The maximum absolute atomic E-state index is 15.1. The second-order valence-corrected chi connectivity index (χ2v) is 10.7. The first-order valence-corrected chi connectivity index (χ1v) is 13.1. The van der Waals surface area contributed by atoms with Gasteiger partial charge in [0.1, 0.15) is 11.5 Å². The molecule has 0 unspecified atom stereocenters. The molecule has 4 aromatic rings. The smallest absolute Gasteiger partial charge is 0.320 e. The van der Waals surface area contributed by atoms with Crippen molar-refractivity contribution in [2.45, 2.75) is 31.6 Å². The number of rotatable bonds is 2. The number of amides is 4. The normalized spacial score (nSPS) is 22.5. The van der Waals surface area contributed by atoms with E-state index in [-0.39, 0.29) is 29.8 Å². The summed E-state index contributed by atoms with van der Waals surface area (Å²) in [6.07, 6.45) is 6.13. The number of urea groups is 1. The van der Waals surface area contributed by atoms with Gasteiger partial charge in [-0.2, -0.15) is 0 Å². The minimum atomic E-state index is -0.530. The summed E-state index contributed by atoms with van der Waals surface area (Å²) in [6.45, 7) is 2.70. The van der Waals surface area contributed by atoms with E-state index in [0.29, 0.717) is 53.5 Å². The Morgan fingerprint density at radius 2 is 1.97 bits per heavy atom. The Morgan fingerprint density at radius 3 is 2.79 bits per heavy atom. The van der Waals surface area contributed by atoms with Crippen LogP contribution in [0.4, 0.5) is 9.18 Å². The van der Waals surface area contributed by atoms with Crippen molar-refractivity contribution < 1.29 is 18.8 Å². The van der Waals surface area contributed by atoms with Gasteiger partial charge in [0, 0.05) is 68.2 Å². The standard InChI is InChI=1S/C28H24FN7O3/c29-16-7-15-12-34(28(39)36-13-17-9-18(36)10-30-17)6-5-33-14-20(19(8-16)25(15)33)23-24(27(38)32-26(23)37)21-11-31-22-3-1-2-4-35(21)22/h1-4,7-8,11,14,17-18,30H,5-6,9-10,12-13H2,(H,32,37,38)/t17-,18-/m1/s1. The third-order valence-corrected chi connectivity index (χ3v) is 8.43. The Bertz CT molecular complexity index is 1790. The molecule has 3 aromatic heterocycles. The number of hydrogen-bond acceptors (Lipinski definition) is 5. The highest BCUT2D eigenvalue weighted by atomic mass is 19.1. The molecule has 2 N–H and O–H groups in total. The number of imide groups is 1. The highest BCUT2D eigenvalue weighted by molar-refractivity contribution is 6.49. The van der Waals surface area contributed by atoms with E-state index in [4.69, 9.17) is 0 Å². The Kier molecular flexibility index (Phi) is 4.61. The van der Waals surface area contributed by atoms with E-state index in [9.17, 15) is 14.4 Å². The molecule has 1 aromatic carbocycles. The third-order valence-electron chi connectivity index (χ3n) is 8.43. The van der Waals surface area contributed by atoms with Gasteiger partial charge in [-0.25, -0.2) is 14.2 Å². The second-order valence-electron chi connectivity index (χ2n) is 10.7. The lowest BCUT2D eigenvalue weighted by atomic mass is 9.98. The molecule has 196 valence electrons. The molecule has 8 rings (SSSR count). The van der Waals surface area contributed by atoms with E-state index in [0.717, 1.165) is 18.5 Å². The second kappa shape index (κ2) is 8.00. The molecule has 0 spiro atoms. The van der Waals surface area contributed by atoms with E-state index in [1.165, 1.54) is 12.1 Å². The molecule has 0 aliphatic carbocycles. The van der Waals surface area contributed by atoms with Crippen LogP contribution in [-0.2, 0) is 22.7 Å². The van der Waals surface area contributed by atoms with Crippen molar-refractivity contribution in [2.75, 3.05) is 19.6 Å². The van der Waals surface area contributed by atoms with Crippen LogP contribution in [0.2, 0.25) is 0 Å². The molecule has 39 heavy (non-hydrogen) atoms. The van der Waals surface area contributed by atoms with Crippen LogP contribution in [-0.4, -0.2) is 73.3 Å². The number of halogens is 1. The molecule has 2 atom stereocenters. The number of pyridine rings is 1. The van der Waals surface area contributed by atoms with Crippen LogP contribution in [0, 0.1) is 5.82 Å². The fraction of sp³-hybridized carbons (Fsp3) is 0.286. The quantitative estimate of drug-likeness (QED) is 0.390. The van der Waals surface area contributed by atoms with Crippen LogP contribution >= 0.6 is 0 Å². The monoisotopic (exact) mass is 525 g/mol. The van der Waals surface area contributed by atoms with Crippen LogP contribution in [0.25, 0.3) is 27.7 Å². The number of imidazole rings is 1. The Balaban J connectivity index is 1.25. The van der Waals surface area contributed by atoms with Crippen molar-refractivity contribution >= 4 is 45.5 Å². The number of nitrogens with one attached hydrogen (secondary N) is 2. The minimum Gasteiger partial charge on any atom is -0.345 e. The van der Waals surface area contributed by atoms with E-state index < -0.39 is 17.6 Å². The molecular weight excluding hydrogens is 501 g/mol. The predicted octanol–water partition coefficient (Wildman–Crippen LogP) is 1.98. The molecule has 10 nitrogen and oxygen atoms in total. The molecule has 2 bridgehead atoms. The number of carbonyl (C=O) groups excluding carboxylic acids is 3. The predicted molar refractivity (Wildman–Crippen MR) is 140 cm³/mol. The van der Waals surface area contributed by atoms with Crippen LogP contribution in [0.15, 0.2) is 48.9 Å². The van der Waals surface area contributed by atoms with Gasteiger partial charge in [-0.3, -0.25) is 19.3 Å². The largest absolute Gasteiger partial charge is 0.345 e. The van der Waals surface area contributed by atoms with Gasteiger partial charge in [0.25, 0.3) is 11.8 Å². The van der Waals surface area contributed by atoms with Gasteiger partial charge in [-0.1, -0.05) is 6.07 Å². The molecule has 0 saturated carbocycles. The van der Waals surface area contributed by atoms with Gasteiger partial charge in [0.2, 0.25) is 0 Å². The summed E-state index contributed by atoms with van der Waals surface area (Å²) in [5.41, 5.74) is 3.45. The number of likely N-dealkylation sites (tertiary alicyclic amines) is 1. The summed E-state index contributed by atoms with van der Waals surface area (Å²) >= 11 is 0. The summed E-state index contributed by atoms with van der Waals surface area (Å²) in [4.78, 5) is 47.8. The highest BCUT2D eigenvalue weighted by Crippen LogP contribution is 2.39. The zero-order valence-electron chi connectivity index (χ0n) is 20.9. The van der Waals surface area contributed by atoms with Crippen molar-refractivity contribution in [3.8, 4) is 0 Å². The van der Waals surface area contributed by atoms with Crippen LogP contribution in [0.3, 0.4) is 0 Å². The SMILES string of the molecule is O=C1NC(=O)C(c2cnc3ccccn23)=C1c1cn2c3c(cc(F)cc13)CN(C(=O)N1C[C@H]3C[C@@H]1CN3)CC2. The van der Waals surface area contributed by atoms with Gasteiger partial charge in [-0.15, -0.1) is 0 Å². The number of hydrogen-bond donors (Lipinski definition) is 2. The van der Waals surface area contributed by atoms with E-state index >= 15 is 4.39 Å². The molecular formula is C28H24FN7O3. The first-order valence-electron chi connectivity index (χ1n) is 13.1. The lowest BCUT2D eigenvalue weighted by molar-refractivity contribution is -0.122. The van der Waals surface area contributed by atoms with Crippen LogP contribution in [0.1, 0.15) is 23.2 Å². The zero-order chi connectivity index (χ0) is 26.4. The maximum Gasteiger partial charge on any atom is 0.320 e. The fourth-order valence-electron chi connectivity index (χ4n) is 6.71. The molecule has 4 aliphatic heterocycles. The van der Waals surface area contributed by atoms with Crippen molar-refractivity contribution in [1.82, 2.24) is 34.4 Å². The van der Waals surface area contributed by atoms with Crippen LogP contribution < -0.4 is 10.6 Å². The zero-order valence-corrected chi connectivity index (χ0v) is 20.9. The van der Waals surface area contributed by atoms with Gasteiger partial charge in [-0.05, 0) is 36.2 Å². The molecule has 7 heterocycles. The average Bonchev–Trinajstić information content (AvgIpc) is 3.73. The lowest BCUT2D eigenvalue weighted by Crippen LogP contribution is -2.51. The Morgan fingerprint density at radius 1 is 1.10 bits per heavy atom. The van der Waals surface area contributed by atoms with E-state index in [2.05, 4.69) is 15.6 Å². The molecule has 2 saturated heterocycles. The minimum absolute atomic E-state index is 0.0224.